The van der Waals surface area contributed by atoms with Gasteiger partial charge in [0.2, 0.25) is 0 Å². The molecule has 200 valence electrons. The summed E-state index contributed by atoms with van der Waals surface area (Å²) in [5.41, 5.74) is 2.55. The summed E-state index contributed by atoms with van der Waals surface area (Å²) in [5.74, 6) is 0.721. The molecule has 0 heterocycles. The van der Waals surface area contributed by atoms with Crippen LogP contribution in [-0.2, 0) is 22.5 Å². The van der Waals surface area contributed by atoms with Crippen LogP contribution in [0.1, 0.15) is 89.2 Å². The molecule has 0 aliphatic rings. The number of hydrogen-bond acceptors (Lipinski definition) is 3. The predicted octanol–water partition coefficient (Wildman–Crippen LogP) is 7.74. The first-order chi connectivity index (χ1) is 17.5. The first-order valence-corrected chi connectivity index (χ1v) is 14.2. The summed E-state index contributed by atoms with van der Waals surface area (Å²) in [7, 11) is 4.23. The molecule has 1 atom stereocenters. The number of aryl methyl sites for hydroxylation is 1. The predicted molar refractivity (Wildman–Crippen MR) is 150 cm³/mol. The lowest BCUT2D eigenvalue weighted by Crippen LogP contribution is -2.53. The maximum Gasteiger partial charge on any atom is 0.365 e. The van der Waals surface area contributed by atoms with E-state index in [-0.39, 0.29) is 18.6 Å². The first-order valence-electron chi connectivity index (χ1n) is 14.2. The number of nitrogens with zero attached hydrogens (tertiary/aromatic N) is 1. The van der Waals surface area contributed by atoms with Gasteiger partial charge in [0.05, 0.1) is 14.1 Å². The number of carbonyl (C=O) groups is 1. The monoisotopic (exact) mass is 496 g/mol. The van der Waals surface area contributed by atoms with Crippen LogP contribution in [0, 0.1) is 0 Å². The van der Waals surface area contributed by atoms with E-state index >= 15 is 0 Å². The minimum atomic E-state index is -0.190. The second-order valence-corrected chi connectivity index (χ2v) is 10.6. The average Bonchev–Trinajstić information content (AvgIpc) is 2.87. The lowest BCUT2D eigenvalue weighted by atomic mass is 10.0. The average molecular weight is 497 g/mol. The van der Waals surface area contributed by atoms with E-state index in [0.717, 1.165) is 31.6 Å². The van der Waals surface area contributed by atoms with E-state index in [9.17, 15) is 4.79 Å². The van der Waals surface area contributed by atoms with Crippen molar-refractivity contribution in [3.8, 4) is 5.75 Å². The van der Waals surface area contributed by atoms with E-state index in [1.807, 2.05) is 24.3 Å². The minimum Gasteiger partial charge on any atom is -0.490 e. The van der Waals surface area contributed by atoms with E-state index in [2.05, 4.69) is 58.3 Å². The zero-order chi connectivity index (χ0) is 26.1. The van der Waals surface area contributed by atoms with Crippen molar-refractivity contribution in [3.05, 3.63) is 65.7 Å². The molecule has 0 aliphatic heterocycles. The van der Waals surface area contributed by atoms with E-state index in [4.69, 9.17) is 9.47 Å². The van der Waals surface area contributed by atoms with Crippen molar-refractivity contribution in [2.24, 2.45) is 0 Å². The Morgan fingerprint density at radius 2 is 1.44 bits per heavy atom. The molecule has 0 aromatic heterocycles. The number of likely N-dealkylation sites (N-methyl/N-ethyl adjacent to an activating group) is 1. The molecule has 36 heavy (non-hydrogen) atoms. The maximum absolute atomic E-state index is 13.0. The third-order valence-corrected chi connectivity index (χ3v) is 6.92. The highest BCUT2D eigenvalue weighted by Crippen LogP contribution is 2.20. The molecular formula is C32H50NO3+. The largest absolute Gasteiger partial charge is 0.490 e. The highest BCUT2D eigenvalue weighted by molar-refractivity contribution is 5.74. The number of rotatable bonds is 19. The lowest BCUT2D eigenvalue weighted by molar-refractivity contribution is -0.920. The van der Waals surface area contributed by atoms with Gasteiger partial charge < -0.3 is 14.0 Å². The Morgan fingerprint density at radius 3 is 2.14 bits per heavy atom. The van der Waals surface area contributed by atoms with Gasteiger partial charge in [0.25, 0.3) is 0 Å². The molecule has 1 unspecified atom stereocenters. The SMILES string of the molecule is CCCCCCCCCCc1cccc(OCCOC(=O)C(CCC)[N+](C)(C)Cc2ccccc2)c1. The second-order valence-electron chi connectivity index (χ2n) is 10.6. The molecule has 0 spiro atoms. The number of esters is 1. The van der Waals surface area contributed by atoms with Crippen molar-refractivity contribution >= 4 is 5.97 Å². The van der Waals surface area contributed by atoms with Gasteiger partial charge in [-0.2, -0.15) is 0 Å². The number of benzene rings is 2. The van der Waals surface area contributed by atoms with Crippen LogP contribution in [0.15, 0.2) is 54.6 Å². The van der Waals surface area contributed by atoms with Crippen LogP contribution >= 0.6 is 0 Å². The highest BCUT2D eigenvalue weighted by Gasteiger charge is 2.35. The van der Waals surface area contributed by atoms with Crippen molar-refractivity contribution in [1.29, 1.82) is 0 Å². The molecule has 0 saturated carbocycles. The molecule has 0 aliphatic carbocycles. The molecule has 2 aromatic rings. The van der Waals surface area contributed by atoms with Gasteiger partial charge in [-0.3, -0.25) is 0 Å². The van der Waals surface area contributed by atoms with Gasteiger partial charge in [0.15, 0.2) is 6.04 Å². The summed E-state index contributed by atoms with van der Waals surface area (Å²) in [4.78, 5) is 13.0. The molecule has 4 heteroatoms. The Kier molecular flexibility index (Phi) is 14.3. The molecule has 0 radical (unpaired) electrons. The summed E-state index contributed by atoms with van der Waals surface area (Å²) in [5, 5.41) is 0. The smallest absolute Gasteiger partial charge is 0.365 e. The van der Waals surface area contributed by atoms with Crippen molar-refractivity contribution in [2.45, 2.75) is 97.1 Å². The molecule has 2 rings (SSSR count). The van der Waals surface area contributed by atoms with Crippen molar-refractivity contribution in [2.75, 3.05) is 27.3 Å². The lowest BCUT2D eigenvalue weighted by Gasteiger charge is -2.36. The van der Waals surface area contributed by atoms with Crippen molar-refractivity contribution in [3.63, 3.8) is 0 Å². The topological polar surface area (TPSA) is 35.5 Å². The normalized spacial score (nSPS) is 12.3. The number of ether oxygens (including phenoxy) is 2. The van der Waals surface area contributed by atoms with Gasteiger partial charge in [-0.25, -0.2) is 4.79 Å². The summed E-state index contributed by atoms with van der Waals surface area (Å²) in [6.07, 6.45) is 13.5. The van der Waals surface area contributed by atoms with Gasteiger partial charge in [-0.05, 0) is 37.0 Å². The third kappa shape index (κ3) is 11.6. The fraction of sp³-hybridized carbons (Fsp3) is 0.594. The van der Waals surface area contributed by atoms with Crippen LogP contribution in [0.25, 0.3) is 0 Å². The Hall–Kier alpha value is -2.33. The number of unbranched alkanes of at least 4 members (excludes halogenated alkanes) is 7. The highest BCUT2D eigenvalue weighted by atomic mass is 16.6. The minimum absolute atomic E-state index is 0.134. The molecule has 0 amide bonds. The Labute approximate surface area is 220 Å². The van der Waals surface area contributed by atoms with E-state index in [1.165, 1.54) is 62.5 Å². The van der Waals surface area contributed by atoms with Crippen molar-refractivity contribution in [1.82, 2.24) is 0 Å². The second kappa shape index (κ2) is 17.2. The number of hydrogen-bond donors (Lipinski definition) is 0. The standard InChI is InChI=1S/C32H50NO3/c1-5-7-8-9-10-11-12-14-19-28-22-17-23-30(26-28)35-24-25-36-32(34)31(18-6-2)33(3,4)27-29-20-15-13-16-21-29/h13,15-17,20-23,26,31H,5-12,14,18-19,24-25,27H2,1-4H3/q+1. The summed E-state index contributed by atoms with van der Waals surface area (Å²) in [6, 6.07) is 18.5. The van der Waals surface area contributed by atoms with Gasteiger partial charge in [-0.15, -0.1) is 0 Å². The van der Waals surface area contributed by atoms with Crippen LogP contribution in [0.3, 0.4) is 0 Å². The molecular weight excluding hydrogens is 446 g/mol. The summed E-state index contributed by atoms with van der Waals surface area (Å²) in [6.45, 7) is 5.82. The van der Waals surface area contributed by atoms with Crippen LogP contribution in [0.5, 0.6) is 5.75 Å². The van der Waals surface area contributed by atoms with Crippen LogP contribution < -0.4 is 4.74 Å². The Balaban J connectivity index is 1.72. The maximum atomic E-state index is 13.0. The number of carbonyl (C=O) groups excluding carboxylic acids is 1. The Morgan fingerprint density at radius 1 is 0.778 bits per heavy atom. The van der Waals surface area contributed by atoms with Gasteiger partial charge >= 0.3 is 5.97 Å². The molecule has 0 saturated heterocycles. The molecule has 2 aromatic carbocycles. The Bertz CT molecular complexity index is 849. The van der Waals surface area contributed by atoms with Gasteiger partial charge in [0.1, 0.15) is 25.5 Å². The van der Waals surface area contributed by atoms with E-state index < -0.39 is 0 Å². The molecule has 0 bridgehead atoms. The fourth-order valence-electron chi connectivity index (χ4n) is 4.84. The zero-order valence-electron chi connectivity index (χ0n) is 23.3. The van der Waals surface area contributed by atoms with Gasteiger partial charge in [0, 0.05) is 12.0 Å². The zero-order valence-corrected chi connectivity index (χ0v) is 23.3. The summed E-state index contributed by atoms with van der Waals surface area (Å²) < 4.78 is 12.2. The van der Waals surface area contributed by atoms with E-state index in [0.29, 0.717) is 11.1 Å². The first kappa shape index (κ1) is 29.9. The van der Waals surface area contributed by atoms with E-state index in [1.54, 1.807) is 0 Å². The third-order valence-electron chi connectivity index (χ3n) is 6.92. The molecule has 0 fully saturated rings. The molecule has 4 nitrogen and oxygen atoms in total. The van der Waals surface area contributed by atoms with Crippen molar-refractivity contribution < 1.29 is 18.8 Å². The number of quaternary nitrogens is 1. The fourth-order valence-corrected chi connectivity index (χ4v) is 4.84. The molecule has 0 N–H and O–H groups in total. The van der Waals surface area contributed by atoms with Crippen LogP contribution in [0.2, 0.25) is 0 Å². The van der Waals surface area contributed by atoms with Crippen LogP contribution in [0.4, 0.5) is 0 Å². The summed E-state index contributed by atoms with van der Waals surface area (Å²) >= 11 is 0. The van der Waals surface area contributed by atoms with Crippen LogP contribution in [-0.4, -0.2) is 43.8 Å². The quantitative estimate of drug-likeness (QED) is 0.113. The van der Waals surface area contributed by atoms with Gasteiger partial charge in [-0.1, -0.05) is 101 Å².